The highest BCUT2D eigenvalue weighted by Gasteiger charge is 2.17. The summed E-state index contributed by atoms with van der Waals surface area (Å²) in [4.78, 5) is 17.4. The minimum atomic E-state index is -0.336. The van der Waals surface area contributed by atoms with E-state index < -0.39 is 0 Å². The SMILES string of the molecule is Fc1cccc(-n2nc(-c3cccs3)nc2-c2ccc3[nH]cnc3n2)c1. The molecule has 0 bridgehead atoms. The first-order chi connectivity index (χ1) is 12.8. The monoisotopic (exact) mass is 362 g/mol. The van der Waals surface area contributed by atoms with Gasteiger partial charge >= 0.3 is 0 Å². The highest BCUT2D eigenvalue weighted by atomic mass is 32.1. The second-order valence-electron chi connectivity index (χ2n) is 5.60. The molecule has 8 heteroatoms. The number of nitrogens with zero attached hydrogens (tertiary/aromatic N) is 5. The summed E-state index contributed by atoms with van der Waals surface area (Å²) >= 11 is 1.55. The van der Waals surface area contributed by atoms with Gasteiger partial charge in [-0.3, -0.25) is 0 Å². The number of pyridine rings is 1. The van der Waals surface area contributed by atoms with Gasteiger partial charge in [-0.2, -0.15) is 0 Å². The Kier molecular flexibility index (Phi) is 3.36. The maximum atomic E-state index is 13.7. The number of aromatic amines is 1. The minimum absolute atomic E-state index is 0.336. The van der Waals surface area contributed by atoms with Gasteiger partial charge in [-0.1, -0.05) is 12.1 Å². The number of benzene rings is 1. The maximum Gasteiger partial charge on any atom is 0.192 e. The number of imidazole rings is 1. The number of nitrogens with one attached hydrogen (secondary N) is 1. The predicted octanol–water partition coefficient (Wildman–Crippen LogP) is 4.07. The number of halogens is 1. The molecule has 4 aromatic heterocycles. The van der Waals surface area contributed by atoms with Crippen LogP contribution in [0.3, 0.4) is 0 Å². The van der Waals surface area contributed by atoms with Crippen LogP contribution < -0.4 is 0 Å². The summed E-state index contributed by atoms with van der Waals surface area (Å²) in [5, 5.41) is 6.55. The number of rotatable bonds is 3. The lowest BCUT2D eigenvalue weighted by molar-refractivity contribution is 0.625. The van der Waals surface area contributed by atoms with Gasteiger partial charge in [0, 0.05) is 0 Å². The summed E-state index contributed by atoms with van der Waals surface area (Å²) in [6.07, 6.45) is 1.59. The highest BCUT2D eigenvalue weighted by Crippen LogP contribution is 2.27. The Morgan fingerprint density at radius 2 is 2.00 bits per heavy atom. The zero-order valence-electron chi connectivity index (χ0n) is 13.3. The van der Waals surface area contributed by atoms with Gasteiger partial charge in [0.1, 0.15) is 11.5 Å². The Labute approximate surface area is 151 Å². The quantitative estimate of drug-likeness (QED) is 0.525. The summed E-state index contributed by atoms with van der Waals surface area (Å²) in [6.45, 7) is 0. The molecule has 6 nitrogen and oxygen atoms in total. The van der Waals surface area contributed by atoms with Crippen molar-refractivity contribution in [3.63, 3.8) is 0 Å². The van der Waals surface area contributed by atoms with Crippen LogP contribution in [-0.2, 0) is 0 Å². The van der Waals surface area contributed by atoms with E-state index >= 15 is 0 Å². The smallest absolute Gasteiger partial charge is 0.192 e. The van der Waals surface area contributed by atoms with Crippen LogP contribution in [0.5, 0.6) is 0 Å². The van der Waals surface area contributed by atoms with Crippen molar-refractivity contribution in [2.24, 2.45) is 0 Å². The minimum Gasteiger partial charge on any atom is -0.343 e. The molecule has 0 aliphatic rings. The van der Waals surface area contributed by atoms with Crippen molar-refractivity contribution in [3.05, 3.63) is 66.1 Å². The number of fused-ring (bicyclic) bond motifs is 1. The fourth-order valence-corrected chi connectivity index (χ4v) is 3.38. The molecule has 0 aliphatic heterocycles. The molecule has 0 atom stereocenters. The summed E-state index contributed by atoms with van der Waals surface area (Å²) < 4.78 is 15.4. The van der Waals surface area contributed by atoms with Crippen LogP contribution in [0.2, 0.25) is 0 Å². The summed E-state index contributed by atoms with van der Waals surface area (Å²) in [7, 11) is 0. The van der Waals surface area contributed by atoms with Gasteiger partial charge in [0.05, 0.1) is 22.4 Å². The zero-order chi connectivity index (χ0) is 17.5. The largest absolute Gasteiger partial charge is 0.343 e. The average Bonchev–Trinajstić information content (AvgIpc) is 3.39. The maximum absolute atomic E-state index is 13.7. The van der Waals surface area contributed by atoms with E-state index in [1.807, 2.05) is 29.6 Å². The summed E-state index contributed by atoms with van der Waals surface area (Å²) in [5.41, 5.74) is 2.63. The molecule has 0 aliphatic carbocycles. The van der Waals surface area contributed by atoms with Crippen LogP contribution >= 0.6 is 11.3 Å². The molecule has 1 aromatic carbocycles. The van der Waals surface area contributed by atoms with E-state index in [9.17, 15) is 4.39 Å². The lowest BCUT2D eigenvalue weighted by Gasteiger charge is -2.05. The van der Waals surface area contributed by atoms with E-state index in [2.05, 4.69) is 25.0 Å². The summed E-state index contributed by atoms with van der Waals surface area (Å²) in [6, 6.07) is 13.9. The van der Waals surface area contributed by atoms with E-state index in [0.717, 1.165) is 10.4 Å². The van der Waals surface area contributed by atoms with Gasteiger partial charge in [-0.25, -0.2) is 24.0 Å². The van der Waals surface area contributed by atoms with Crippen molar-refractivity contribution in [2.45, 2.75) is 0 Å². The molecule has 0 amide bonds. The van der Waals surface area contributed by atoms with Crippen LogP contribution in [0.25, 0.3) is 39.1 Å². The number of hydrogen-bond donors (Lipinski definition) is 1. The molecule has 5 rings (SSSR count). The molecule has 0 unspecified atom stereocenters. The second-order valence-corrected chi connectivity index (χ2v) is 6.55. The summed E-state index contributed by atoms with van der Waals surface area (Å²) in [5.74, 6) is 0.768. The van der Waals surface area contributed by atoms with Crippen molar-refractivity contribution in [1.82, 2.24) is 29.7 Å². The fraction of sp³-hybridized carbons (Fsp3) is 0. The van der Waals surface area contributed by atoms with Crippen LogP contribution in [0.15, 0.2) is 60.2 Å². The highest BCUT2D eigenvalue weighted by molar-refractivity contribution is 7.13. The molecule has 0 fully saturated rings. The van der Waals surface area contributed by atoms with E-state index in [1.165, 1.54) is 12.1 Å². The van der Waals surface area contributed by atoms with Crippen molar-refractivity contribution >= 4 is 22.5 Å². The van der Waals surface area contributed by atoms with Gasteiger partial charge in [-0.05, 0) is 41.8 Å². The predicted molar refractivity (Wildman–Crippen MR) is 97.5 cm³/mol. The fourth-order valence-electron chi connectivity index (χ4n) is 2.72. The standard InChI is InChI=1S/C18H11FN6S/c19-11-3-1-4-12(9-11)25-18(23-17(24-25)15-5-2-8-26-15)14-7-6-13-16(22-14)21-10-20-13/h1-10H,(H,20,21,22). The molecule has 126 valence electrons. The number of hydrogen-bond acceptors (Lipinski definition) is 5. The van der Waals surface area contributed by atoms with Gasteiger partial charge in [0.15, 0.2) is 17.3 Å². The Morgan fingerprint density at radius 3 is 2.85 bits per heavy atom. The second kappa shape index (κ2) is 5.85. The van der Waals surface area contributed by atoms with Crippen molar-refractivity contribution in [3.8, 4) is 27.9 Å². The molecule has 26 heavy (non-hydrogen) atoms. The zero-order valence-corrected chi connectivity index (χ0v) is 14.1. The normalized spacial score (nSPS) is 11.3. The molecule has 1 N–H and O–H groups in total. The van der Waals surface area contributed by atoms with Gasteiger partial charge in [-0.15, -0.1) is 16.4 Å². The van der Waals surface area contributed by atoms with E-state index in [0.29, 0.717) is 28.7 Å². The van der Waals surface area contributed by atoms with Gasteiger partial charge in [0.25, 0.3) is 0 Å². The number of H-pyrrole nitrogens is 1. The third kappa shape index (κ3) is 2.47. The molecule has 0 saturated heterocycles. The van der Waals surface area contributed by atoms with Crippen molar-refractivity contribution in [2.75, 3.05) is 0 Å². The molecule has 5 aromatic rings. The average molecular weight is 362 g/mol. The van der Waals surface area contributed by atoms with Crippen LogP contribution in [0, 0.1) is 5.82 Å². The molecule has 0 radical (unpaired) electrons. The lowest BCUT2D eigenvalue weighted by Crippen LogP contribution is -2.01. The first kappa shape index (κ1) is 14.9. The van der Waals surface area contributed by atoms with Crippen molar-refractivity contribution in [1.29, 1.82) is 0 Å². The molecule has 0 spiro atoms. The van der Waals surface area contributed by atoms with E-state index in [1.54, 1.807) is 34.5 Å². The van der Waals surface area contributed by atoms with Gasteiger partial charge < -0.3 is 4.98 Å². The van der Waals surface area contributed by atoms with Gasteiger partial charge in [0.2, 0.25) is 0 Å². The topological polar surface area (TPSA) is 72.3 Å². The molecule has 4 heterocycles. The third-order valence-corrected chi connectivity index (χ3v) is 4.78. The third-order valence-electron chi connectivity index (χ3n) is 3.91. The number of thiophene rings is 1. The van der Waals surface area contributed by atoms with Crippen LogP contribution in [-0.4, -0.2) is 29.7 Å². The molecule has 0 saturated carbocycles. The first-order valence-corrected chi connectivity index (χ1v) is 8.73. The van der Waals surface area contributed by atoms with E-state index in [-0.39, 0.29) is 5.82 Å². The Balaban J connectivity index is 1.74. The lowest BCUT2D eigenvalue weighted by atomic mass is 10.3. The van der Waals surface area contributed by atoms with Crippen LogP contribution in [0.4, 0.5) is 4.39 Å². The Hall–Kier alpha value is -3.39. The number of aromatic nitrogens is 6. The Bertz CT molecular complexity index is 1210. The molecular formula is C18H11FN6S. The van der Waals surface area contributed by atoms with Crippen LogP contribution in [0.1, 0.15) is 0 Å². The van der Waals surface area contributed by atoms with E-state index in [4.69, 9.17) is 0 Å². The molecular weight excluding hydrogens is 351 g/mol. The Morgan fingerprint density at radius 1 is 1.04 bits per heavy atom. The van der Waals surface area contributed by atoms with Crippen molar-refractivity contribution < 1.29 is 4.39 Å². The first-order valence-electron chi connectivity index (χ1n) is 7.85.